The van der Waals surface area contributed by atoms with Gasteiger partial charge in [-0.05, 0) is 31.0 Å². The average Bonchev–Trinajstić information content (AvgIpc) is 3.19. The van der Waals surface area contributed by atoms with E-state index >= 15 is 0 Å². The van der Waals surface area contributed by atoms with Gasteiger partial charge in [0.1, 0.15) is 10.7 Å². The van der Waals surface area contributed by atoms with Gasteiger partial charge in [0.05, 0.1) is 22.0 Å². The highest BCUT2D eigenvalue weighted by molar-refractivity contribution is 6.41. The summed E-state index contributed by atoms with van der Waals surface area (Å²) in [4.78, 5) is 43.6. The largest absolute Gasteiger partial charge is 0.452 e. The van der Waals surface area contributed by atoms with Gasteiger partial charge in [0, 0.05) is 6.20 Å². The Morgan fingerprint density at radius 2 is 1.93 bits per heavy atom. The van der Waals surface area contributed by atoms with Gasteiger partial charge in [-0.25, -0.2) is 9.78 Å². The maximum atomic E-state index is 13.1. The number of esters is 1. The van der Waals surface area contributed by atoms with E-state index < -0.39 is 24.0 Å². The van der Waals surface area contributed by atoms with Crippen LogP contribution in [0.5, 0.6) is 0 Å². The molecule has 1 fully saturated rings. The first-order chi connectivity index (χ1) is 13.9. The molecule has 1 spiro atoms. The second-order valence-electron chi connectivity index (χ2n) is 7.01. The summed E-state index contributed by atoms with van der Waals surface area (Å²) in [6.07, 6.45) is 4.03. The van der Waals surface area contributed by atoms with E-state index in [2.05, 4.69) is 10.3 Å². The standard InChI is InChI=1S/C20H17Cl2N3O4/c21-13-9-12(10-23-17(13)22)18(27)29-11-16(26)25-15-6-2-1-5-14(15)24-19(28)20(25)7-3-4-8-20/h1-2,5-6,9-10H,3-4,7-8,11H2,(H,24,28). The van der Waals surface area contributed by atoms with Crippen molar-refractivity contribution in [3.63, 3.8) is 0 Å². The van der Waals surface area contributed by atoms with E-state index in [-0.39, 0.29) is 21.6 Å². The van der Waals surface area contributed by atoms with Gasteiger partial charge in [-0.1, -0.05) is 48.2 Å². The molecule has 2 aromatic rings. The molecule has 29 heavy (non-hydrogen) atoms. The van der Waals surface area contributed by atoms with Crippen molar-refractivity contribution < 1.29 is 19.1 Å². The lowest BCUT2D eigenvalue weighted by molar-refractivity contribution is -0.129. The quantitative estimate of drug-likeness (QED) is 0.586. The van der Waals surface area contributed by atoms with Crippen LogP contribution in [0.4, 0.5) is 11.4 Å². The molecule has 0 atom stereocenters. The molecule has 2 heterocycles. The van der Waals surface area contributed by atoms with Gasteiger partial charge in [-0.3, -0.25) is 14.5 Å². The number of hydrogen-bond donors (Lipinski definition) is 1. The molecule has 1 aromatic heterocycles. The second kappa shape index (κ2) is 7.65. The van der Waals surface area contributed by atoms with E-state index in [1.165, 1.54) is 17.2 Å². The number of fused-ring (bicyclic) bond motifs is 1. The topological polar surface area (TPSA) is 88.6 Å². The van der Waals surface area contributed by atoms with Gasteiger partial charge in [-0.15, -0.1) is 0 Å². The maximum Gasteiger partial charge on any atom is 0.340 e. The van der Waals surface area contributed by atoms with Crippen molar-refractivity contribution in [3.05, 3.63) is 52.3 Å². The van der Waals surface area contributed by atoms with Crippen molar-refractivity contribution in [2.24, 2.45) is 0 Å². The molecular formula is C20H17Cl2N3O4. The molecule has 2 amide bonds. The van der Waals surface area contributed by atoms with Crippen LogP contribution < -0.4 is 10.2 Å². The van der Waals surface area contributed by atoms with Crippen LogP contribution in [0.15, 0.2) is 36.5 Å². The van der Waals surface area contributed by atoms with E-state index in [0.717, 1.165) is 12.8 Å². The fraction of sp³-hybridized carbons (Fsp3) is 0.300. The van der Waals surface area contributed by atoms with Crippen LogP contribution in [0.2, 0.25) is 10.2 Å². The number of carbonyl (C=O) groups excluding carboxylic acids is 3. The minimum Gasteiger partial charge on any atom is -0.452 e. The van der Waals surface area contributed by atoms with Gasteiger partial charge >= 0.3 is 5.97 Å². The number of rotatable bonds is 3. The summed E-state index contributed by atoms with van der Waals surface area (Å²) in [6.45, 7) is -0.511. The van der Waals surface area contributed by atoms with Crippen LogP contribution in [-0.4, -0.2) is 34.9 Å². The first-order valence-electron chi connectivity index (χ1n) is 9.14. The predicted octanol–water partition coefficient (Wildman–Crippen LogP) is 3.84. The molecule has 4 rings (SSSR count). The number of ether oxygens (including phenoxy) is 1. The Labute approximate surface area is 176 Å². The van der Waals surface area contributed by atoms with Crippen molar-refractivity contribution in [2.75, 3.05) is 16.8 Å². The summed E-state index contributed by atoms with van der Waals surface area (Å²) < 4.78 is 5.19. The van der Waals surface area contributed by atoms with Gasteiger partial charge in [-0.2, -0.15) is 0 Å². The number of benzene rings is 1. The summed E-state index contributed by atoms with van der Waals surface area (Å²) >= 11 is 11.6. The number of anilines is 2. The number of amides is 2. The molecule has 2 aliphatic rings. The van der Waals surface area contributed by atoms with Gasteiger partial charge in [0.2, 0.25) is 0 Å². The van der Waals surface area contributed by atoms with E-state index in [0.29, 0.717) is 24.2 Å². The molecule has 1 N–H and O–H groups in total. The summed E-state index contributed by atoms with van der Waals surface area (Å²) in [5.41, 5.74) is 0.289. The summed E-state index contributed by atoms with van der Waals surface area (Å²) in [5, 5.41) is 3.08. The molecule has 9 heteroatoms. The first-order valence-corrected chi connectivity index (χ1v) is 9.90. The number of aromatic nitrogens is 1. The maximum absolute atomic E-state index is 13.1. The summed E-state index contributed by atoms with van der Waals surface area (Å²) in [6, 6.07) is 8.42. The number of carbonyl (C=O) groups is 3. The monoisotopic (exact) mass is 433 g/mol. The first kappa shape index (κ1) is 19.7. The van der Waals surface area contributed by atoms with E-state index in [4.69, 9.17) is 27.9 Å². The minimum atomic E-state index is -0.955. The van der Waals surface area contributed by atoms with Crippen LogP contribution in [0.1, 0.15) is 36.0 Å². The van der Waals surface area contributed by atoms with Crippen molar-refractivity contribution in [1.82, 2.24) is 4.98 Å². The number of nitrogens with one attached hydrogen (secondary N) is 1. The van der Waals surface area contributed by atoms with Crippen molar-refractivity contribution in [1.29, 1.82) is 0 Å². The number of nitrogens with zero attached hydrogens (tertiary/aromatic N) is 2. The molecule has 7 nitrogen and oxygen atoms in total. The lowest BCUT2D eigenvalue weighted by Crippen LogP contribution is -2.61. The second-order valence-corrected chi connectivity index (χ2v) is 7.78. The Balaban J connectivity index is 1.58. The molecule has 1 aliphatic carbocycles. The molecule has 0 bridgehead atoms. The number of halogens is 2. The Morgan fingerprint density at radius 1 is 1.21 bits per heavy atom. The van der Waals surface area contributed by atoms with E-state index in [1.54, 1.807) is 24.3 Å². The van der Waals surface area contributed by atoms with Crippen LogP contribution in [0.3, 0.4) is 0 Å². The third-order valence-corrected chi connectivity index (χ3v) is 5.97. The molecule has 150 valence electrons. The molecule has 1 saturated carbocycles. The van der Waals surface area contributed by atoms with Gasteiger partial charge in [0.25, 0.3) is 11.8 Å². The normalized spacial score (nSPS) is 17.0. The third-order valence-electron chi connectivity index (χ3n) is 5.28. The van der Waals surface area contributed by atoms with Gasteiger partial charge in [0.15, 0.2) is 6.61 Å². The zero-order valence-electron chi connectivity index (χ0n) is 15.3. The fourth-order valence-electron chi connectivity index (χ4n) is 3.94. The molecule has 1 aromatic carbocycles. The van der Waals surface area contributed by atoms with E-state index in [9.17, 15) is 14.4 Å². The highest BCUT2D eigenvalue weighted by Crippen LogP contribution is 2.45. The zero-order chi connectivity index (χ0) is 20.6. The Bertz CT molecular complexity index is 1000. The number of pyridine rings is 1. The van der Waals surface area contributed by atoms with Gasteiger partial charge < -0.3 is 10.1 Å². The Hall–Kier alpha value is -2.64. The predicted molar refractivity (Wildman–Crippen MR) is 108 cm³/mol. The lowest BCUT2D eigenvalue weighted by Gasteiger charge is -2.44. The van der Waals surface area contributed by atoms with Crippen molar-refractivity contribution >= 4 is 52.4 Å². The number of hydrogen-bond acceptors (Lipinski definition) is 5. The molecule has 0 radical (unpaired) electrons. The molecule has 1 aliphatic heterocycles. The third kappa shape index (κ3) is 3.45. The minimum absolute atomic E-state index is 0.0680. The lowest BCUT2D eigenvalue weighted by atomic mass is 9.90. The summed E-state index contributed by atoms with van der Waals surface area (Å²) in [7, 11) is 0. The SMILES string of the molecule is O=C(OCC(=O)N1c2ccccc2NC(=O)C12CCCC2)c1cnc(Cl)c(Cl)c1. The highest BCUT2D eigenvalue weighted by Gasteiger charge is 2.52. The Morgan fingerprint density at radius 3 is 2.66 bits per heavy atom. The van der Waals surface area contributed by atoms with E-state index in [1.807, 2.05) is 0 Å². The van der Waals surface area contributed by atoms with Crippen LogP contribution >= 0.6 is 23.2 Å². The van der Waals surface area contributed by atoms with Crippen molar-refractivity contribution in [3.8, 4) is 0 Å². The van der Waals surface area contributed by atoms with Crippen LogP contribution in [-0.2, 0) is 14.3 Å². The highest BCUT2D eigenvalue weighted by atomic mass is 35.5. The average molecular weight is 434 g/mol. The summed E-state index contributed by atoms with van der Waals surface area (Å²) in [5.74, 6) is -1.42. The van der Waals surface area contributed by atoms with Crippen LogP contribution in [0.25, 0.3) is 0 Å². The molecular weight excluding hydrogens is 417 g/mol. The zero-order valence-corrected chi connectivity index (χ0v) is 16.8. The fourth-order valence-corrected chi connectivity index (χ4v) is 4.21. The smallest absolute Gasteiger partial charge is 0.340 e. The van der Waals surface area contributed by atoms with Crippen molar-refractivity contribution in [2.45, 2.75) is 31.2 Å². The molecule has 0 saturated heterocycles. The molecule has 0 unspecified atom stereocenters. The number of para-hydroxylation sites is 2. The van der Waals surface area contributed by atoms with Crippen LogP contribution in [0, 0.1) is 0 Å². The Kier molecular flexibility index (Phi) is 5.19.